The molecule has 14 rings (SSSR count). The number of hydrogen-bond acceptors (Lipinski definition) is 3. The third-order valence-corrected chi connectivity index (χ3v) is 13.0. The second-order valence-electron chi connectivity index (χ2n) is 15.9. The second kappa shape index (κ2) is 11.3. The van der Waals surface area contributed by atoms with Crippen molar-refractivity contribution >= 4 is 126 Å². The average Bonchev–Trinajstić information content (AvgIpc) is 4.03. The van der Waals surface area contributed by atoms with E-state index in [-0.39, 0.29) is 0 Å². The molecule has 0 radical (unpaired) electrons. The quantitative estimate of drug-likeness (QED) is 0.134. The highest BCUT2D eigenvalue weighted by Gasteiger charge is 2.27. The molecular formula is C55H29N4+. The molecular weight excluding hydrogens is 717 g/mol. The molecule has 0 N–H and O–H groups in total. The third-order valence-electron chi connectivity index (χ3n) is 13.0. The summed E-state index contributed by atoms with van der Waals surface area (Å²) in [5.74, 6) is 0. The van der Waals surface area contributed by atoms with Crippen LogP contribution in [0.5, 0.6) is 0 Å². The Labute approximate surface area is 336 Å². The Morgan fingerprint density at radius 3 is 1.86 bits per heavy atom. The molecule has 0 atom stereocenters. The van der Waals surface area contributed by atoms with E-state index in [9.17, 15) is 0 Å². The lowest BCUT2D eigenvalue weighted by Gasteiger charge is -2.15. The van der Waals surface area contributed by atoms with Gasteiger partial charge in [0.2, 0.25) is 0 Å². The number of nitrogens with zero attached hydrogens (tertiary/aromatic N) is 4. The van der Waals surface area contributed by atoms with E-state index in [1.165, 1.54) is 97.3 Å². The van der Waals surface area contributed by atoms with Gasteiger partial charge in [-0.25, -0.2) is 4.98 Å². The summed E-state index contributed by atoms with van der Waals surface area (Å²) in [5, 5.41) is 22.5. The first-order valence-electron chi connectivity index (χ1n) is 20.1. The van der Waals surface area contributed by atoms with E-state index in [1.54, 1.807) is 0 Å². The first-order valence-corrected chi connectivity index (χ1v) is 20.1. The first-order chi connectivity index (χ1) is 29.3. The van der Waals surface area contributed by atoms with E-state index < -0.39 is 0 Å². The molecule has 0 fully saturated rings. The second-order valence-corrected chi connectivity index (χ2v) is 15.9. The number of hydrogen-bond donors (Lipinski definition) is 0. The number of rotatable bonds is 3. The molecule has 268 valence electrons. The molecule has 4 nitrogen and oxygen atoms in total. The molecule has 0 unspecified atom stereocenters. The van der Waals surface area contributed by atoms with E-state index in [0.717, 1.165) is 44.2 Å². The van der Waals surface area contributed by atoms with Gasteiger partial charge in [0.1, 0.15) is 0 Å². The van der Waals surface area contributed by atoms with Gasteiger partial charge < -0.3 is 0 Å². The standard InChI is InChI=1S/C55H29N4/c1-2-10-37-36(9-1)48(33-8-5-22-56-28-33)53-46-27-44-39-12-3-11-38-42-25-32(47-20-18-31-16-15-30-7-6-23-58-54(30)55(31)59-47)17-19-35(42)45(50(38)39)26-43(44)40-13-4-14-41(51(40)46)52(53)49(37)34-21-24-57-29-34/h1-29H/q+1. The van der Waals surface area contributed by atoms with Gasteiger partial charge in [0.15, 0.2) is 0 Å². The van der Waals surface area contributed by atoms with Gasteiger partial charge in [-0.05, 0) is 128 Å². The minimum Gasteiger partial charge on any atom is -0.264 e. The van der Waals surface area contributed by atoms with Gasteiger partial charge in [-0.15, -0.1) is 4.67 Å². The molecule has 0 saturated carbocycles. The summed E-state index contributed by atoms with van der Waals surface area (Å²) in [7, 11) is 0. The predicted octanol–water partition coefficient (Wildman–Crippen LogP) is 13.2. The van der Waals surface area contributed by atoms with Crippen LogP contribution in [0.1, 0.15) is 5.56 Å². The Kier molecular flexibility index (Phi) is 5.95. The summed E-state index contributed by atoms with van der Waals surface area (Å²) in [6.07, 6.45) is 11.8. The van der Waals surface area contributed by atoms with Crippen molar-refractivity contribution in [1.29, 1.82) is 0 Å². The van der Waals surface area contributed by atoms with E-state index in [2.05, 4.69) is 143 Å². The third kappa shape index (κ3) is 4.07. The minimum absolute atomic E-state index is 0.932. The number of aromatic nitrogens is 3. The van der Waals surface area contributed by atoms with Crippen molar-refractivity contribution in [3.05, 3.63) is 170 Å². The summed E-state index contributed by atoms with van der Waals surface area (Å²) in [4.78, 5) is 14.6. The lowest BCUT2D eigenvalue weighted by molar-refractivity contribution is 1.33. The molecule has 0 spiro atoms. The van der Waals surface area contributed by atoms with Crippen molar-refractivity contribution in [3.8, 4) is 22.4 Å². The fourth-order valence-electron chi connectivity index (χ4n) is 10.6. The van der Waals surface area contributed by atoms with E-state index in [0.29, 0.717) is 0 Å². The lowest BCUT2D eigenvalue weighted by Crippen LogP contribution is -1.93. The SMILES string of the molecule is C1=[N+]=CC(c2c3ccccc3c(-c3cccnc3)c3c4cc5c(cc6c7ccc(-c8ccc9ccc%10cccnc%10c9n8)cc7c7cccc5c76)c5cccc(c23)c54)=C1. The molecule has 1 aliphatic rings. The van der Waals surface area contributed by atoms with Crippen LogP contribution in [0.4, 0.5) is 0 Å². The van der Waals surface area contributed by atoms with E-state index >= 15 is 0 Å². The van der Waals surface area contributed by atoms with Gasteiger partial charge in [0.25, 0.3) is 12.4 Å². The molecule has 13 aromatic rings. The molecule has 1 aliphatic heterocycles. The highest BCUT2D eigenvalue weighted by atomic mass is 14.8. The highest BCUT2D eigenvalue weighted by Crippen LogP contribution is 2.52. The molecule has 0 bridgehead atoms. The number of fused-ring (bicyclic) bond motifs is 13. The average molecular weight is 746 g/mol. The molecule has 4 heterocycles. The highest BCUT2D eigenvalue weighted by molar-refractivity contribution is 6.45. The number of benzene rings is 8. The molecule has 0 aliphatic carbocycles. The summed E-state index contributed by atoms with van der Waals surface area (Å²) in [6, 6.07) is 51.3. The predicted molar refractivity (Wildman–Crippen MR) is 250 cm³/mol. The monoisotopic (exact) mass is 745 g/mol. The normalized spacial score (nSPS) is 13.1. The van der Waals surface area contributed by atoms with Gasteiger partial charge in [-0.1, -0.05) is 103 Å². The van der Waals surface area contributed by atoms with Crippen molar-refractivity contribution in [3.63, 3.8) is 0 Å². The maximum Gasteiger partial charge on any atom is 0.300 e. The van der Waals surface area contributed by atoms with Crippen molar-refractivity contribution in [2.45, 2.75) is 0 Å². The Hall–Kier alpha value is -8.04. The first kappa shape index (κ1) is 31.1. The number of allylic oxidation sites excluding steroid dienone is 2. The Morgan fingerprint density at radius 1 is 0.407 bits per heavy atom. The van der Waals surface area contributed by atoms with Crippen LogP contribution in [0.25, 0.3) is 136 Å². The summed E-state index contributed by atoms with van der Waals surface area (Å²) in [5.41, 5.74) is 8.62. The Morgan fingerprint density at radius 2 is 1.08 bits per heavy atom. The topological polar surface area (TPSA) is 52.8 Å². The van der Waals surface area contributed by atoms with Crippen LogP contribution in [0.15, 0.2) is 164 Å². The van der Waals surface area contributed by atoms with Crippen LogP contribution in [-0.4, -0.2) is 27.4 Å². The van der Waals surface area contributed by atoms with E-state index in [1.807, 2.05) is 43.2 Å². The van der Waals surface area contributed by atoms with Gasteiger partial charge in [-0.3, -0.25) is 9.97 Å². The zero-order valence-electron chi connectivity index (χ0n) is 31.5. The zero-order valence-corrected chi connectivity index (χ0v) is 31.5. The maximum absolute atomic E-state index is 5.22. The maximum atomic E-state index is 5.22. The van der Waals surface area contributed by atoms with Crippen molar-refractivity contribution in [2.24, 2.45) is 0 Å². The molecule has 0 amide bonds. The smallest absolute Gasteiger partial charge is 0.264 e. The van der Waals surface area contributed by atoms with Crippen molar-refractivity contribution < 1.29 is 0 Å². The minimum atomic E-state index is 0.932. The van der Waals surface area contributed by atoms with Crippen LogP contribution in [-0.2, 0) is 0 Å². The van der Waals surface area contributed by atoms with Crippen molar-refractivity contribution in [1.82, 2.24) is 19.6 Å². The van der Waals surface area contributed by atoms with Crippen LogP contribution in [0.3, 0.4) is 0 Å². The summed E-state index contributed by atoms with van der Waals surface area (Å²) >= 11 is 0. The molecule has 4 heteroatoms. The van der Waals surface area contributed by atoms with Crippen LogP contribution < -0.4 is 4.67 Å². The Balaban J connectivity index is 1.10. The lowest BCUT2D eigenvalue weighted by atomic mass is 9.87. The summed E-state index contributed by atoms with van der Waals surface area (Å²) in [6.45, 7) is 0. The number of pyridine rings is 3. The summed E-state index contributed by atoms with van der Waals surface area (Å²) < 4.78 is 4.56. The zero-order chi connectivity index (χ0) is 38.3. The van der Waals surface area contributed by atoms with Crippen LogP contribution >= 0.6 is 0 Å². The van der Waals surface area contributed by atoms with Gasteiger partial charge in [-0.2, -0.15) is 0 Å². The largest absolute Gasteiger partial charge is 0.300 e. The fraction of sp³-hybridized carbons (Fsp3) is 0. The Bertz CT molecular complexity index is 4100. The molecule has 10 aromatic carbocycles. The van der Waals surface area contributed by atoms with Gasteiger partial charge in [0, 0.05) is 52.1 Å². The van der Waals surface area contributed by atoms with Gasteiger partial charge in [0.05, 0.1) is 22.3 Å². The van der Waals surface area contributed by atoms with Crippen molar-refractivity contribution in [2.75, 3.05) is 0 Å². The molecule has 0 saturated heterocycles. The molecule has 59 heavy (non-hydrogen) atoms. The van der Waals surface area contributed by atoms with Gasteiger partial charge >= 0.3 is 0 Å². The van der Waals surface area contributed by atoms with Crippen LogP contribution in [0, 0.1) is 0 Å². The van der Waals surface area contributed by atoms with E-state index in [4.69, 9.17) is 9.97 Å². The fourth-order valence-corrected chi connectivity index (χ4v) is 10.6. The van der Waals surface area contributed by atoms with Crippen LogP contribution in [0.2, 0.25) is 0 Å². The molecule has 3 aromatic heterocycles.